The first-order valence-corrected chi connectivity index (χ1v) is 10.7. The normalized spacial score (nSPS) is 12.0. The van der Waals surface area contributed by atoms with Crippen LogP contribution in [0.4, 0.5) is 0 Å². The summed E-state index contributed by atoms with van der Waals surface area (Å²) < 4.78 is 23.1. The third-order valence-corrected chi connectivity index (χ3v) is 6.29. The standard InChI is InChI=1S/C16H36O4Si/c1-5-9-10-11-12-13-14-17-15-16-21(18-6-2,19-7-3)20-8-4/h5-16H2,1-4H3. The summed E-state index contributed by atoms with van der Waals surface area (Å²) in [6, 6.07) is 0.748. The van der Waals surface area contributed by atoms with E-state index in [0.717, 1.165) is 19.1 Å². The molecule has 0 aromatic carbocycles. The minimum Gasteiger partial charge on any atom is -0.381 e. The zero-order valence-electron chi connectivity index (χ0n) is 14.6. The van der Waals surface area contributed by atoms with E-state index in [1.807, 2.05) is 20.8 Å². The molecule has 0 fully saturated rings. The molecule has 0 N–H and O–H groups in total. The number of unbranched alkanes of at least 4 members (excludes halogenated alkanes) is 5. The average molecular weight is 321 g/mol. The topological polar surface area (TPSA) is 36.9 Å². The summed E-state index contributed by atoms with van der Waals surface area (Å²) in [7, 11) is -2.51. The van der Waals surface area contributed by atoms with Gasteiger partial charge in [0.1, 0.15) is 0 Å². The molecule has 4 nitrogen and oxygen atoms in total. The van der Waals surface area contributed by atoms with Gasteiger partial charge in [-0.1, -0.05) is 39.0 Å². The van der Waals surface area contributed by atoms with E-state index in [0.29, 0.717) is 26.4 Å². The molecule has 0 amide bonds. The molecule has 0 rings (SSSR count). The molecule has 0 aromatic heterocycles. The molecule has 0 unspecified atom stereocenters. The van der Waals surface area contributed by atoms with Gasteiger partial charge in [0, 0.05) is 32.5 Å². The highest BCUT2D eigenvalue weighted by atomic mass is 28.4. The van der Waals surface area contributed by atoms with Crippen molar-refractivity contribution in [1.82, 2.24) is 0 Å². The molecule has 128 valence electrons. The summed E-state index contributed by atoms with van der Waals surface area (Å²) in [5.74, 6) is 0. The largest absolute Gasteiger partial charge is 0.503 e. The van der Waals surface area contributed by atoms with Crippen molar-refractivity contribution in [2.45, 2.75) is 72.3 Å². The van der Waals surface area contributed by atoms with E-state index in [4.69, 9.17) is 18.0 Å². The third-order valence-electron chi connectivity index (χ3n) is 3.29. The Balaban J connectivity index is 3.76. The maximum absolute atomic E-state index is 5.80. The van der Waals surface area contributed by atoms with Gasteiger partial charge in [-0.25, -0.2) is 0 Å². The van der Waals surface area contributed by atoms with Crippen molar-refractivity contribution in [2.24, 2.45) is 0 Å². The van der Waals surface area contributed by atoms with Gasteiger partial charge in [-0.2, -0.15) is 0 Å². The maximum Gasteiger partial charge on any atom is 0.503 e. The van der Waals surface area contributed by atoms with Gasteiger partial charge >= 0.3 is 8.80 Å². The predicted octanol–water partition coefficient (Wildman–Crippen LogP) is 4.41. The van der Waals surface area contributed by atoms with Gasteiger partial charge in [0.05, 0.1) is 6.61 Å². The Morgan fingerprint density at radius 3 is 1.67 bits per heavy atom. The van der Waals surface area contributed by atoms with Crippen LogP contribution in [0.15, 0.2) is 0 Å². The lowest BCUT2D eigenvalue weighted by atomic mass is 10.1. The van der Waals surface area contributed by atoms with Crippen LogP contribution in [0, 0.1) is 0 Å². The summed E-state index contributed by atoms with van der Waals surface area (Å²) in [5, 5.41) is 0. The van der Waals surface area contributed by atoms with Crippen molar-refractivity contribution in [1.29, 1.82) is 0 Å². The summed E-state index contributed by atoms with van der Waals surface area (Å²) >= 11 is 0. The van der Waals surface area contributed by atoms with Crippen LogP contribution >= 0.6 is 0 Å². The molecule has 0 heterocycles. The molecule has 0 saturated carbocycles. The molecule has 0 spiro atoms. The van der Waals surface area contributed by atoms with Crippen molar-refractivity contribution in [2.75, 3.05) is 33.0 Å². The molecule has 0 bridgehead atoms. The van der Waals surface area contributed by atoms with E-state index in [1.54, 1.807) is 0 Å². The number of hydrogen-bond donors (Lipinski definition) is 0. The molecule has 0 aliphatic carbocycles. The van der Waals surface area contributed by atoms with Crippen molar-refractivity contribution in [3.63, 3.8) is 0 Å². The number of rotatable bonds is 16. The Hall–Kier alpha value is 0.0569. The van der Waals surface area contributed by atoms with Crippen LogP contribution < -0.4 is 0 Å². The Morgan fingerprint density at radius 2 is 1.14 bits per heavy atom. The highest BCUT2D eigenvalue weighted by molar-refractivity contribution is 6.60. The molecule has 0 aliphatic heterocycles. The third kappa shape index (κ3) is 11.3. The van der Waals surface area contributed by atoms with E-state index in [9.17, 15) is 0 Å². The molecule has 5 heteroatoms. The second-order valence-corrected chi connectivity index (χ2v) is 7.84. The number of hydrogen-bond acceptors (Lipinski definition) is 4. The molecule has 21 heavy (non-hydrogen) atoms. The van der Waals surface area contributed by atoms with Gasteiger partial charge in [0.2, 0.25) is 0 Å². The second-order valence-electron chi connectivity index (χ2n) is 5.11. The van der Waals surface area contributed by atoms with E-state index in [-0.39, 0.29) is 0 Å². The van der Waals surface area contributed by atoms with Crippen LogP contribution in [0.5, 0.6) is 0 Å². The Morgan fingerprint density at radius 1 is 0.619 bits per heavy atom. The summed E-state index contributed by atoms with van der Waals surface area (Å²) in [6.45, 7) is 11.6. The molecular weight excluding hydrogens is 284 g/mol. The maximum atomic E-state index is 5.80. The van der Waals surface area contributed by atoms with Crippen molar-refractivity contribution < 1.29 is 18.0 Å². The Labute approximate surface area is 132 Å². The summed E-state index contributed by atoms with van der Waals surface area (Å²) in [4.78, 5) is 0. The fraction of sp³-hybridized carbons (Fsp3) is 1.00. The smallest absolute Gasteiger partial charge is 0.381 e. The lowest BCUT2D eigenvalue weighted by Crippen LogP contribution is -2.46. The highest BCUT2D eigenvalue weighted by Crippen LogP contribution is 2.16. The molecule has 0 aliphatic rings. The van der Waals surface area contributed by atoms with E-state index < -0.39 is 8.80 Å². The summed E-state index contributed by atoms with van der Waals surface area (Å²) in [6.07, 6.45) is 7.75. The van der Waals surface area contributed by atoms with Gasteiger partial charge in [-0.05, 0) is 27.2 Å². The van der Waals surface area contributed by atoms with Gasteiger partial charge in [0.25, 0.3) is 0 Å². The SMILES string of the molecule is CCCCCCCCOCC[Si](OCC)(OCC)OCC. The zero-order valence-corrected chi connectivity index (χ0v) is 15.6. The zero-order chi connectivity index (χ0) is 15.8. The monoisotopic (exact) mass is 320 g/mol. The highest BCUT2D eigenvalue weighted by Gasteiger charge is 2.39. The first-order chi connectivity index (χ1) is 10.2. The van der Waals surface area contributed by atoms with Crippen LogP contribution in [0.25, 0.3) is 0 Å². The van der Waals surface area contributed by atoms with Crippen LogP contribution in [-0.4, -0.2) is 41.8 Å². The Kier molecular flexibility index (Phi) is 15.0. The fourth-order valence-electron chi connectivity index (χ4n) is 2.28. The van der Waals surface area contributed by atoms with Gasteiger partial charge in [0.15, 0.2) is 0 Å². The van der Waals surface area contributed by atoms with E-state index in [2.05, 4.69) is 6.92 Å². The second kappa shape index (κ2) is 15.0. The minimum atomic E-state index is -2.51. The van der Waals surface area contributed by atoms with Crippen molar-refractivity contribution in [3.05, 3.63) is 0 Å². The first kappa shape index (κ1) is 21.1. The first-order valence-electron chi connectivity index (χ1n) is 8.74. The number of ether oxygens (including phenoxy) is 1. The van der Waals surface area contributed by atoms with Gasteiger partial charge in [-0.3, -0.25) is 0 Å². The van der Waals surface area contributed by atoms with Gasteiger partial charge < -0.3 is 18.0 Å². The van der Waals surface area contributed by atoms with Gasteiger partial charge in [-0.15, -0.1) is 0 Å². The Bertz CT molecular complexity index is 197. The fourth-order valence-corrected chi connectivity index (χ4v) is 4.68. The average Bonchev–Trinajstić information content (AvgIpc) is 2.46. The lowest BCUT2D eigenvalue weighted by molar-refractivity contribution is 0.0573. The quantitative estimate of drug-likeness (QED) is 0.312. The minimum absolute atomic E-state index is 0.629. The lowest BCUT2D eigenvalue weighted by Gasteiger charge is -2.28. The van der Waals surface area contributed by atoms with Crippen molar-refractivity contribution in [3.8, 4) is 0 Å². The van der Waals surface area contributed by atoms with Crippen LogP contribution in [0.3, 0.4) is 0 Å². The molecule has 0 saturated heterocycles. The predicted molar refractivity (Wildman–Crippen MR) is 89.6 cm³/mol. The van der Waals surface area contributed by atoms with Crippen molar-refractivity contribution >= 4 is 8.80 Å². The molecule has 0 radical (unpaired) electrons. The summed E-state index contributed by atoms with van der Waals surface area (Å²) in [5.41, 5.74) is 0. The molecule has 0 atom stereocenters. The molecule has 0 aromatic rings. The van der Waals surface area contributed by atoms with E-state index >= 15 is 0 Å². The van der Waals surface area contributed by atoms with Crippen LogP contribution in [0.2, 0.25) is 6.04 Å². The van der Waals surface area contributed by atoms with Crippen LogP contribution in [-0.2, 0) is 18.0 Å². The molecular formula is C16H36O4Si. The van der Waals surface area contributed by atoms with Crippen LogP contribution in [0.1, 0.15) is 66.2 Å². The van der Waals surface area contributed by atoms with E-state index in [1.165, 1.54) is 32.1 Å².